The summed E-state index contributed by atoms with van der Waals surface area (Å²) in [5, 5.41) is 12.8. The maximum Gasteiger partial charge on any atom is 0.287 e. The van der Waals surface area contributed by atoms with E-state index in [0.717, 1.165) is 0 Å². The summed E-state index contributed by atoms with van der Waals surface area (Å²) in [6.45, 7) is 1.63. The molecule has 0 spiro atoms. The molecule has 2 aromatic rings. The van der Waals surface area contributed by atoms with Crippen molar-refractivity contribution in [1.29, 1.82) is 0 Å². The summed E-state index contributed by atoms with van der Waals surface area (Å²) in [5.41, 5.74) is 0.540. The highest BCUT2D eigenvalue weighted by molar-refractivity contribution is 7.17. The van der Waals surface area contributed by atoms with Crippen LogP contribution in [0.3, 0.4) is 0 Å². The number of nitrogens with zero attached hydrogens (tertiary/aromatic N) is 4. The summed E-state index contributed by atoms with van der Waals surface area (Å²) < 4.78 is 2.10. The Morgan fingerprint density at radius 2 is 2.04 bits per heavy atom. The van der Waals surface area contributed by atoms with Gasteiger partial charge in [0.25, 0.3) is 5.56 Å². The summed E-state index contributed by atoms with van der Waals surface area (Å²) >= 11 is 1.38. The average Bonchev–Trinajstić information content (AvgIpc) is 3.12. The molecule has 0 saturated carbocycles. The maximum absolute atomic E-state index is 12.6. The van der Waals surface area contributed by atoms with E-state index in [1.54, 1.807) is 6.07 Å². The van der Waals surface area contributed by atoms with E-state index in [1.165, 1.54) is 16.0 Å². The zero-order valence-corrected chi connectivity index (χ0v) is 14.5. The van der Waals surface area contributed by atoms with E-state index >= 15 is 0 Å². The third-order valence-corrected chi connectivity index (χ3v) is 5.92. The Hall–Kier alpha value is -2.29. The number of nitrogens with one attached hydrogen (secondary N) is 1. The number of fused-ring (bicyclic) bond motifs is 1. The molecule has 2 aliphatic rings. The van der Waals surface area contributed by atoms with Gasteiger partial charge in [-0.3, -0.25) is 14.4 Å². The third kappa shape index (κ3) is 3.04. The summed E-state index contributed by atoms with van der Waals surface area (Å²) in [6, 6.07) is 1.77. The molecule has 1 unspecified atom stereocenters. The van der Waals surface area contributed by atoms with Crippen LogP contribution in [0.25, 0.3) is 10.2 Å². The largest absolute Gasteiger partial charge is 0.355 e. The molecule has 1 N–H and O–H groups in total. The number of likely N-dealkylation sites (tertiary alicyclic amines) is 1. The highest BCUT2D eigenvalue weighted by Gasteiger charge is 2.31. The molecule has 0 radical (unpaired) electrons. The molecular weight excluding hydrogens is 342 g/mol. The fraction of sp³-hybridized carbons (Fsp3) is 0.562. The molecule has 8 nitrogen and oxygen atoms in total. The highest BCUT2D eigenvalue weighted by atomic mass is 32.1. The number of aromatic nitrogens is 3. The zero-order valence-electron chi connectivity index (χ0n) is 13.7. The molecule has 2 aromatic heterocycles. The van der Waals surface area contributed by atoms with Crippen molar-refractivity contribution in [1.82, 2.24) is 25.2 Å². The van der Waals surface area contributed by atoms with Crippen LogP contribution >= 0.6 is 11.3 Å². The third-order valence-electron chi connectivity index (χ3n) is 5.03. The van der Waals surface area contributed by atoms with Crippen LogP contribution in [0.4, 0.5) is 0 Å². The van der Waals surface area contributed by atoms with Crippen molar-refractivity contribution >= 4 is 33.4 Å². The number of rotatable bonds is 2. The fourth-order valence-electron chi connectivity index (χ4n) is 3.55. The van der Waals surface area contributed by atoms with E-state index < -0.39 is 0 Å². The molecule has 1 atom stereocenters. The Kier molecular flexibility index (Phi) is 4.24. The molecule has 0 aliphatic carbocycles. The Bertz CT molecular complexity index is 858. The first-order valence-electron chi connectivity index (χ1n) is 8.51. The van der Waals surface area contributed by atoms with Crippen LogP contribution in [0.1, 0.15) is 31.7 Å². The van der Waals surface area contributed by atoms with Crippen LogP contribution in [-0.4, -0.2) is 51.3 Å². The second-order valence-corrected chi connectivity index (χ2v) is 7.49. The molecule has 2 fully saturated rings. The Morgan fingerprint density at radius 3 is 2.76 bits per heavy atom. The average molecular weight is 361 g/mol. The first-order chi connectivity index (χ1) is 12.1. The van der Waals surface area contributed by atoms with E-state index in [0.29, 0.717) is 55.5 Å². The number of carbonyl (C=O) groups is 2. The second-order valence-electron chi connectivity index (χ2n) is 6.57. The van der Waals surface area contributed by atoms with Crippen molar-refractivity contribution in [3.05, 3.63) is 21.8 Å². The van der Waals surface area contributed by atoms with Gasteiger partial charge in [0, 0.05) is 26.1 Å². The van der Waals surface area contributed by atoms with Gasteiger partial charge in [-0.2, -0.15) is 0 Å². The van der Waals surface area contributed by atoms with Gasteiger partial charge in [-0.25, -0.2) is 4.68 Å². The number of amides is 2. The lowest BCUT2D eigenvalue weighted by Gasteiger charge is -2.35. The number of carbonyl (C=O) groups excluding carboxylic acids is 2. The lowest BCUT2D eigenvalue weighted by molar-refractivity contribution is -0.138. The minimum absolute atomic E-state index is 0.0182. The number of thiophene rings is 1. The molecule has 0 aromatic carbocycles. The number of hydrogen-bond acceptors (Lipinski definition) is 6. The van der Waals surface area contributed by atoms with Crippen molar-refractivity contribution in [2.45, 2.75) is 31.7 Å². The molecule has 2 saturated heterocycles. The van der Waals surface area contributed by atoms with Gasteiger partial charge in [0.15, 0.2) is 0 Å². The smallest absolute Gasteiger partial charge is 0.287 e. The topological polar surface area (TPSA) is 97.2 Å². The Balaban J connectivity index is 1.42. The standard InChI is InChI=1S/C16H19N5O3S/c22-13-2-1-10(9-17-13)15(23)20-6-3-11(4-7-20)21-16(24)14-12(18-19-21)5-8-25-14/h5,8,10-11H,1-4,6-7,9H2,(H,17,22). The first-order valence-corrected chi connectivity index (χ1v) is 9.39. The van der Waals surface area contributed by atoms with E-state index in [2.05, 4.69) is 15.6 Å². The van der Waals surface area contributed by atoms with E-state index in [1.807, 2.05) is 10.3 Å². The predicted molar refractivity (Wildman–Crippen MR) is 92.3 cm³/mol. The van der Waals surface area contributed by atoms with Crippen LogP contribution < -0.4 is 10.9 Å². The van der Waals surface area contributed by atoms with Crippen LogP contribution in [0.15, 0.2) is 16.2 Å². The highest BCUT2D eigenvalue weighted by Crippen LogP contribution is 2.24. The summed E-state index contributed by atoms with van der Waals surface area (Å²) in [7, 11) is 0. The zero-order chi connectivity index (χ0) is 17.4. The summed E-state index contributed by atoms with van der Waals surface area (Å²) in [5.74, 6) is -0.00509. The molecule has 25 heavy (non-hydrogen) atoms. The number of hydrogen-bond donors (Lipinski definition) is 1. The maximum atomic E-state index is 12.6. The molecular formula is C16H19N5O3S. The molecule has 132 valence electrons. The molecule has 0 bridgehead atoms. The van der Waals surface area contributed by atoms with Gasteiger partial charge >= 0.3 is 0 Å². The van der Waals surface area contributed by atoms with E-state index in [9.17, 15) is 14.4 Å². The van der Waals surface area contributed by atoms with Gasteiger partial charge in [0.1, 0.15) is 10.2 Å². The van der Waals surface area contributed by atoms with E-state index in [4.69, 9.17) is 0 Å². The van der Waals surface area contributed by atoms with Gasteiger partial charge in [-0.15, -0.1) is 16.4 Å². The van der Waals surface area contributed by atoms with Crippen LogP contribution in [-0.2, 0) is 9.59 Å². The van der Waals surface area contributed by atoms with Crippen molar-refractivity contribution in [2.24, 2.45) is 5.92 Å². The molecule has 4 rings (SSSR count). The normalized spacial score (nSPS) is 22.2. The van der Waals surface area contributed by atoms with Gasteiger partial charge < -0.3 is 10.2 Å². The molecule has 4 heterocycles. The minimum Gasteiger partial charge on any atom is -0.355 e. The van der Waals surface area contributed by atoms with Crippen molar-refractivity contribution in [3.8, 4) is 0 Å². The van der Waals surface area contributed by atoms with Crippen molar-refractivity contribution in [2.75, 3.05) is 19.6 Å². The molecule has 2 amide bonds. The van der Waals surface area contributed by atoms with Gasteiger partial charge in [-0.05, 0) is 30.7 Å². The van der Waals surface area contributed by atoms with Crippen LogP contribution in [0.2, 0.25) is 0 Å². The van der Waals surface area contributed by atoms with Crippen molar-refractivity contribution in [3.63, 3.8) is 0 Å². The SMILES string of the molecule is O=C1CCC(C(=O)N2CCC(n3nnc4ccsc4c3=O)CC2)CN1. The number of piperidine rings is 2. The second kappa shape index (κ2) is 6.55. The van der Waals surface area contributed by atoms with E-state index in [-0.39, 0.29) is 29.3 Å². The molecule has 2 aliphatic heterocycles. The quantitative estimate of drug-likeness (QED) is 0.842. The van der Waals surface area contributed by atoms with Crippen molar-refractivity contribution < 1.29 is 9.59 Å². The Morgan fingerprint density at radius 1 is 1.24 bits per heavy atom. The van der Waals surface area contributed by atoms with Gasteiger partial charge in [-0.1, -0.05) is 5.21 Å². The van der Waals surface area contributed by atoms with Gasteiger partial charge in [0.2, 0.25) is 11.8 Å². The monoisotopic (exact) mass is 361 g/mol. The summed E-state index contributed by atoms with van der Waals surface area (Å²) in [4.78, 5) is 38.2. The van der Waals surface area contributed by atoms with Gasteiger partial charge in [0.05, 0.1) is 12.0 Å². The van der Waals surface area contributed by atoms with Crippen LogP contribution in [0.5, 0.6) is 0 Å². The lowest BCUT2D eigenvalue weighted by Crippen LogP contribution is -2.48. The predicted octanol–water partition coefficient (Wildman–Crippen LogP) is 0.543. The fourth-order valence-corrected chi connectivity index (χ4v) is 4.31. The summed E-state index contributed by atoms with van der Waals surface area (Å²) in [6.07, 6.45) is 2.41. The lowest BCUT2D eigenvalue weighted by atomic mass is 9.96. The first kappa shape index (κ1) is 16.2. The van der Waals surface area contributed by atoms with Crippen LogP contribution in [0, 0.1) is 5.92 Å². The molecule has 9 heteroatoms. The Labute approximate surface area is 147 Å². The minimum atomic E-state index is -0.126.